The van der Waals surface area contributed by atoms with Crippen LogP contribution in [-0.4, -0.2) is 0 Å². The normalized spacial score (nSPS) is 12.5. The van der Waals surface area contributed by atoms with Gasteiger partial charge in [0.2, 0.25) is 0 Å². The minimum atomic E-state index is 0.185. The van der Waals surface area contributed by atoms with Gasteiger partial charge in [-0.05, 0) is 67.8 Å². The molecule has 0 aliphatic rings. The van der Waals surface area contributed by atoms with Crippen LogP contribution < -0.4 is 0 Å². The Labute approximate surface area is 143 Å². The molecule has 0 saturated carbocycles. The topological polar surface area (TPSA) is 0 Å². The molecule has 112 valence electrons. The highest BCUT2D eigenvalue weighted by atomic mass is 127. The van der Waals surface area contributed by atoms with Crippen LogP contribution >= 0.6 is 22.6 Å². The molecule has 0 bridgehead atoms. The summed E-state index contributed by atoms with van der Waals surface area (Å²) in [5.74, 6) is 0. The molecule has 21 heavy (non-hydrogen) atoms. The molecule has 2 rings (SSSR count). The van der Waals surface area contributed by atoms with E-state index in [2.05, 4.69) is 107 Å². The molecule has 0 heterocycles. The summed E-state index contributed by atoms with van der Waals surface area (Å²) >= 11 is 2.43. The maximum atomic E-state index is 2.43. The zero-order valence-corrected chi connectivity index (χ0v) is 16.1. The van der Waals surface area contributed by atoms with Crippen molar-refractivity contribution in [1.29, 1.82) is 0 Å². The van der Waals surface area contributed by atoms with Crippen molar-refractivity contribution in [2.24, 2.45) is 0 Å². The second kappa shape index (κ2) is 5.75. The summed E-state index contributed by atoms with van der Waals surface area (Å²) in [6.07, 6.45) is 0. The first-order valence-electron chi connectivity index (χ1n) is 7.50. The first-order chi connectivity index (χ1) is 9.59. The monoisotopic (exact) mass is 392 g/mol. The van der Waals surface area contributed by atoms with Gasteiger partial charge in [-0.15, -0.1) is 0 Å². The summed E-state index contributed by atoms with van der Waals surface area (Å²) in [7, 11) is 0. The standard InChI is InChI=1S/C20H25I/c1-19(2,3)15-9-7-14(8-10-15)17-13-16(20(4,5)6)11-12-18(17)21/h7-13H,1-6H3. The van der Waals surface area contributed by atoms with Crippen LogP contribution in [0.1, 0.15) is 52.7 Å². The molecule has 0 radical (unpaired) electrons. The minimum absolute atomic E-state index is 0.185. The molecule has 0 amide bonds. The minimum Gasteiger partial charge on any atom is -0.0579 e. The summed E-state index contributed by atoms with van der Waals surface area (Å²) in [6.45, 7) is 13.6. The maximum Gasteiger partial charge on any atom is 0.0208 e. The lowest BCUT2D eigenvalue weighted by atomic mass is 9.84. The van der Waals surface area contributed by atoms with E-state index in [4.69, 9.17) is 0 Å². The van der Waals surface area contributed by atoms with E-state index >= 15 is 0 Å². The molecule has 0 aromatic heterocycles. The van der Waals surface area contributed by atoms with Crippen LogP contribution in [-0.2, 0) is 10.8 Å². The van der Waals surface area contributed by atoms with E-state index < -0.39 is 0 Å². The zero-order chi connectivity index (χ0) is 15.8. The van der Waals surface area contributed by atoms with Crippen LogP contribution in [0, 0.1) is 3.57 Å². The SMILES string of the molecule is CC(C)(C)c1ccc(-c2cc(C(C)(C)C)ccc2I)cc1. The molecule has 2 aromatic carbocycles. The average Bonchev–Trinajstić information content (AvgIpc) is 2.37. The predicted molar refractivity (Wildman–Crippen MR) is 102 cm³/mol. The quantitative estimate of drug-likeness (QED) is 0.483. The third kappa shape index (κ3) is 3.88. The van der Waals surface area contributed by atoms with E-state index in [9.17, 15) is 0 Å². The van der Waals surface area contributed by atoms with Gasteiger partial charge in [0.1, 0.15) is 0 Å². The Morgan fingerprint density at radius 1 is 0.667 bits per heavy atom. The van der Waals surface area contributed by atoms with Gasteiger partial charge >= 0.3 is 0 Å². The Kier molecular flexibility index (Phi) is 4.53. The van der Waals surface area contributed by atoms with Crippen LogP contribution in [0.15, 0.2) is 42.5 Å². The molecule has 0 saturated heterocycles. The summed E-state index contributed by atoms with van der Waals surface area (Å²) < 4.78 is 1.31. The number of hydrogen-bond donors (Lipinski definition) is 0. The van der Waals surface area contributed by atoms with E-state index in [1.165, 1.54) is 25.8 Å². The maximum absolute atomic E-state index is 2.43. The fourth-order valence-corrected chi connectivity index (χ4v) is 3.01. The predicted octanol–water partition coefficient (Wildman–Crippen LogP) is 6.55. The van der Waals surface area contributed by atoms with Crippen LogP contribution in [0.5, 0.6) is 0 Å². The summed E-state index contributed by atoms with van der Waals surface area (Å²) in [4.78, 5) is 0. The van der Waals surface area contributed by atoms with Crippen molar-refractivity contribution in [2.45, 2.75) is 52.4 Å². The molecule has 0 N–H and O–H groups in total. The molecule has 0 atom stereocenters. The van der Waals surface area contributed by atoms with Gasteiger partial charge in [0.05, 0.1) is 0 Å². The largest absolute Gasteiger partial charge is 0.0579 e. The molecule has 1 heteroatoms. The van der Waals surface area contributed by atoms with Crippen LogP contribution in [0.25, 0.3) is 11.1 Å². The second-order valence-corrected chi connectivity index (χ2v) is 8.93. The van der Waals surface area contributed by atoms with Crippen molar-refractivity contribution in [1.82, 2.24) is 0 Å². The van der Waals surface area contributed by atoms with Crippen molar-refractivity contribution in [3.63, 3.8) is 0 Å². The van der Waals surface area contributed by atoms with Crippen LogP contribution in [0.2, 0.25) is 0 Å². The van der Waals surface area contributed by atoms with E-state index in [1.54, 1.807) is 0 Å². The molecule has 2 aromatic rings. The first-order valence-corrected chi connectivity index (χ1v) is 8.58. The molecule has 0 fully saturated rings. The highest BCUT2D eigenvalue weighted by Gasteiger charge is 2.17. The Morgan fingerprint density at radius 2 is 1.14 bits per heavy atom. The summed E-state index contributed by atoms with van der Waals surface area (Å²) in [6, 6.07) is 15.8. The Morgan fingerprint density at radius 3 is 1.62 bits per heavy atom. The van der Waals surface area contributed by atoms with Gasteiger partial charge < -0.3 is 0 Å². The Balaban J connectivity index is 2.47. The van der Waals surface area contributed by atoms with Crippen molar-refractivity contribution >= 4 is 22.6 Å². The van der Waals surface area contributed by atoms with Crippen molar-refractivity contribution in [3.8, 4) is 11.1 Å². The lowest BCUT2D eigenvalue weighted by molar-refractivity contribution is 0.590. The molecular formula is C20H25I. The zero-order valence-electron chi connectivity index (χ0n) is 13.9. The molecule has 0 nitrogen and oxygen atoms in total. The lowest BCUT2D eigenvalue weighted by Gasteiger charge is -2.21. The van der Waals surface area contributed by atoms with Gasteiger partial charge in [-0.2, -0.15) is 0 Å². The van der Waals surface area contributed by atoms with Crippen LogP contribution in [0.4, 0.5) is 0 Å². The van der Waals surface area contributed by atoms with E-state index in [-0.39, 0.29) is 10.8 Å². The molecule has 0 spiro atoms. The Hall–Kier alpha value is -0.830. The molecular weight excluding hydrogens is 367 g/mol. The van der Waals surface area contributed by atoms with E-state index in [0.717, 1.165) is 0 Å². The number of hydrogen-bond acceptors (Lipinski definition) is 0. The molecule has 0 unspecified atom stereocenters. The fourth-order valence-electron chi connectivity index (χ4n) is 2.36. The first kappa shape index (κ1) is 16.5. The smallest absolute Gasteiger partial charge is 0.0208 e. The van der Waals surface area contributed by atoms with E-state index in [0.29, 0.717) is 0 Å². The highest BCUT2D eigenvalue weighted by Crippen LogP contribution is 2.32. The highest BCUT2D eigenvalue weighted by molar-refractivity contribution is 14.1. The molecule has 0 aliphatic carbocycles. The fraction of sp³-hybridized carbons (Fsp3) is 0.400. The van der Waals surface area contributed by atoms with Gasteiger partial charge in [-0.25, -0.2) is 0 Å². The molecule has 0 aliphatic heterocycles. The van der Waals surface area contributed by atoms with Gasteiger partial charge in [0.25, 0.3) is 0 Å². The number of rotatable bonds is 1. The Bertz CT molecular complexity index is 622. The third-order valence-electron chi connectivity index (χ3n) is 3.89. The van der Waals surface area contributed by atoms with Gasteiger partial charge in [-0.1, -0.05) is 71.9 Å². The van der Waals surface area contributed by atoms with Gasteiger partial charge in [0.15, 0.2) is 0 Å². The van der Waals surface area contributed by atoms with Gasteiger partial charge in [0, 0.05) is 3.57 Å². The van der Waals surface area contributed by atoms with Crippen molar-refractivity contribution in [2.75, 3.05) is 0 Å². The summed E-state index contributed by atoms with van der Waals surface area (Å²) in [5.41, 5.74) is 5.80. The lowest BCUT2D eigenvalue weighted by Crippen LogP contribution is -2.11. The summed E-state index contributed by atoms with van der Waals surface area (Å²) in [5, 5.41) is 0. The van der Waals surface area contributed by atoms with Gasteiger partial charge in [-0.3, -0.25) is 0 Å². The van der Waals surface area contributed by atoms with Crippen LogP contribution in [0.3, 0.4) is 0 Å². The van der Waals surface area contributed by atoms with Crippen molar-refractivity contribution < 1.29 is 0 Å². The van der Waals surface area contributed by atoms with Crippen molar-refractivity contribution in [3.05, 3.63) is 57.2 Å². The third-order valence-corrected chi connectivity index (χ3v) is 4.83. The number of benzene rings is 2. The average molecular weight is 392 g/mol. The van der Waals surface area contributed by atoms with E-state index in [1.807, 2.05) is 0 Å². The second-order valence-electron chi connectivity index (χ2n) is 7.77. The number of halogens is 1.